The molecule has 2 aromatic rings. The maximum atomic E-state index is 9.59. The van der Waals surface area contributed by atoms with Crippen LogP contribution in [0.2, 0.25) is 0 Å². The van der Waals surface area contributed by atoms with E-state index in [1.807, 2.05) is 39.2 Å². The molecule has 0 fully saturated rings. The minimum Gasteiger partial charge on any atom is -0.508 e. The lowest BCUT2D eigenvalue weighted by Gasteiger charge is -2.12. The smallest absolute Gasteiger partial charge is 0.118 e. The SMILES string of the molecule is Cc1cc(NCc2cccn2C)c(C)cc1O. The predicted molar refractivity (Wildman–Crippen MR) is 70.3 cm³/mol. The Morgan fingerprint density at radius 2 is 2.00 bits per heavy atom. The molecule has 0 atom stereocenters. The summed E-state index contributed by atoms with van der Waals surface area (Å²) in [6, 6.07) is 7.90. The van der Waals surface area contributed by atoms with Crippen LogP contribution in [-0.2, 0) is 13.6 Å². The second kappa shape index (κ2) is 4.53. The van der Waals surface area contributed by atoms with Crippen molar-refractivity contribution in [2.24, 2.45) is 7.05 Å². The molecule has 1 heterocycles. The summed E-state index contributed by atoms with van der Waals surface area (Å²) in [5.74, 6) is 0.354. The summed E-state index contributed by atoms with van der Waals surface area (Å²) in [6.45, 7) is 4.68. The van der Waals surface area contributed by atoms with Crippen LogP contribution in [0, 0.1) is 13.8 Å². The van der Waals surface area contributed by atoms with Crippen molar-refractivity contribution in [1.82, 2.24) is 4.57 Å². The first kappa shape index (κ1) is 11.6. The highest BCUT2D eigenvalue weighted by Crippen LogP contribution is 2.25. The van der Waals surface area contributed by atoms with Crippen molar-refractivity contribution in [3.05, 3.63) is 47.3 Å². The van der Waals surface area contributed by atoms with Gasteiger partial charge < -0.3 is 15.0 Å². The van der Waals surface area contributed by atoms with E-state index in [1.54, 1.807) is 6.07 Å². The third-order valence-electron chi connectivity index (χ3n) is 3.05. The van der Waals surface area contributed by atoms with E-state index in [-0.39, 0.29) is 0 Å². The molecule has 0 saturated carbocycles. The van der Waals surface area contributed by atoms with Crippen molar-refractivity contribution >= 4 is 5.69 Å². The molecule has 1 aromatic heterocycles. The molecule has 3 nitrogen and oxygen atoms in total. The van der Waals surface area contributed by atoms with Crippen LogP contribution in [0.3, 0.4) is 0 Å². The Bertz CT molecular complexity index is 529. The number of aryl methyl sites for hydroxylation is 3. The van der Waals surface area contributed by atoms with Crippen molar-refractivity contribution in [3.63, 3.8) is 0 Å². The summed E-state index contributed by atoms with van der Waals surface area (Å²) in [7, 11) is 2.03. The Balaban J connectivity index is 2.14. The van der Waals surface area contributed by atoms with E-state index >= 15 is 0 Å². The quantitative estimate of drug-likeness (QED) is 0.795. The molecule has 0 aliphatic rings. The predicted octanol–water partition coefficient (Wildman–Crippen LogP) is 2.96. The second-order valence-corrected chi connectivity index (χ2v) is 4.42. The first-order valence-electron chi connectivity index (χ1n) is 5.72. The fourth-order valence-corrected chi connectivity index (χ4v) is 1.86. The van der Waals surface area contributed by atoms with Crippen molar-refractivity contribution < 1.29 is 5.11 Å². The monoisotopic (exact) mass is 230 g/mol. The molecule has 0 amide bonds. The molecule has 0 radical (unpaired) electrons. The summed E-state index contributed by atoms with van der Waals surface area (Å²) in [6.07, 6.45) is 2.03. The second-order valence-electron chi connectivity index (χ2n) is 4.42. The van der Waals surface area contributed by atoms with E-state index in [4.69, 9.17) is 0 Å². The van der Waals surface area contributed by atoms with E-state index in [0.29, 0.717) is 5.75 Å². The molecule has 1 aromatic carbocycles. The third-order valence-corrected chi connectivity index (χ3v) is 3.05. The number of hydrogen-bond donors (Lipinski definition) is 2. The minimum atomic E-state index is 0.354. The van der Waals surface area contributed by atoms with Crippen LogP contribution in [0.4, 0.5) is 5.69 Å². The van der Waals surface area contributed by atoms with E-state index in [0.717, 1.165) is 23.4 Å². The summed E-state index contributed by atoms with van der Waals surface area (Å²) < 4.78 is 2.09. The fraction of sp³-hybridized carbons (Fsp3) is 0.286. The van der Waals surface area contributed by atoms with Gasteiger partial charge in [0.05, 0.1) is 6.54 Å². The molecule has 90 valence electrons. The molecular weight excluding hydrogens is 212 g/mol. The molecule has 0 spiro atoms. The largest absolute Gasteiger partial charge is 0.508 e. The zero-order chi connectivity index (χ0) is 12.4. The topological polar surface area (TPSA) is 37.2 Å². The fourth-order valence-electron chi connectivity index (χ4n) is 1.86. The lowest BCUT2D eigenvalue weighted by Crippen LogP contribution is -2.05. The zero-order valence-corrected chi connectivity index (χ0v) is 10.5. The Labute approximate surface area is 102 Å². The van der Waals surface area contributed by atoms with Crippen LogP contribution < -0.4 is 5.32 Å². The first-order valence-corrected chi connectivity index (χ1v) is 5.72. The summed E-state index contributed by atoms with van der Waals surface area (Å²) in [4.78, 5) is 0. The molecule has 17 heavy (non-hydrogen) atoms. The lowest BCUT2D eigenvalue weighted by molar-refractivity contribution is 0.471. The van der Waals surface area contributed by atoms with Gasteiger partial charge in [0.2, 0.25) is 0 Å². The number of rotatable bonds is 3. The van der Waals surface area contributed by atoms with Gasteiger partial charge in [-0.25, -0.2) is 0 Å². The summed E-state index contributed by atoms with van der Waals surface area (Å²) >= 11 is 0. The normalized spacial score (nSPS) is 10.5. The lowest BCUT2D eigenvalue weighted by atomic mass is 10.1. The summed E-state index contributed by atoms with van der Waals surface area (Å²) in [5.41, 5.74) is 4.25. The minimum absolute atomic E-state index is 0.354. The number of aromatic nitrogens is 1. The molecule has 0 saturated heterocycles. The van der Waals surface area contributed by atoms with E-state index in [2.05, 4.69) is 16.0 Å². The van der Waals surface area contributed by atoms with Gasteiger partial charge in [-0.05, 0) is 49.2 Å². The summed E-state index contributed by atoms with van der Waals surface area (Å²) in [5, 5.41) is 13.0. The van der Waals surface area contributed by atoms with Crippen LogP contribution in [0.5, 0.6) is 5.75 Å². The highest BCUT2D eigenvalue weighted by Gasteiger charge is 2.04. The van der Waals surface area contributed by atoms with E-state index in [9.17, 15) is 5.11 Å². The van der Waals surface area contributed by atoms with Crippen LogP contribution in [-0.4, -0.2) is 9.67 Å². The van der Waals surface area contributed by atoms with Gasteiger partial charge in [0.1, 0.15) is 5.75 Å². The first-order chi connectivity index (χ1) is 8.08. The van der Waals surface area contributed by atoms with Crippen molar-refractivity contribution in [2.45, 2.75) is 20.4 Å². The van der Waals surface area contributed by atoms with E-state index in [1.165, 1.54) is 5.69 Å². The van der Waals surface area contributed by atoms with Gasteiger partial charge in [0, 0.05) is 24.6 Å². The zero-order valence-electron chi connectivity index (χ0n) is 10.5. The molecule has 0 aliphatic heterocycles. The maximum Gasteiger partial charge on any atom is 0.118 e. The van der Waals surface area contributed by atoms with Crippen LogP contribution >= 0.6 is 0 Å². The molecule has 0 unspecified atom stereocenters. The maximum absolute atomic E-state index is 9.59. The molecule has 2 N–H and O–H groups in total. The number of nitrogens with one attached hydrogen (secondary N) is 1. The van der Waals surface area contributed by atoms with Crippen molar-refractivity contribution in [1.29, 1.82) is 0 Å². The number of hydrogen-bond acceptors (Lipinski definition) is 2. The molecule has 2 rings (SSSR count). The third kappa shape index (κ3) is 2.44. The number of nitrogens with zero attached hydrogens (tertiary/aromatic N) is 1. The number of phenols is 1. The van der Waals surface area contributed by atoms with Crippen LogP contribution in [0.25, 0.3) is 0 Å². The van der Waals surface area contributed by atoms with Gasteiger partial charge in [0.15, 0.2) is 0 Å². The highest BCUT2D eigenvalue weighted by atomic mass is 16.3. The average Bonchev–Trinajstić information content (AvgIpc) is 2.68. The van der Waals surface area contributed by atoms with Crippen molar-refractivity contribution in [2.75, 3.05) is 5.32 Å². The molecular formula is C14H18N2O. The van der Waals surface area contributed by atoms with Gasteiger partial charge in [-0.3, -0.25) is 0 Å². The molecule has 0 bridgehead atoms. The Hall–Kier alpha value is -1.90. The number of aromatic hydroxyl groups is 1. The van der Waals surface area contributed by atoms with Crippen LogP contribution in [0.1, 0.15) is 16.8 Å². The van der Waals surface area contributed by atoms with Gasteiger partial charge >= 0.3 is 0 Å². The average molecular weight is 230 g/mol. The standard InChI is InChI=1S/C14H18N2O/c1-10-8-14(17)11(2)7-13(10)15-9-12-5-4-6-16(12)3/h4-8,15,17H,9H2,1-3H3. The molecule has 0 aliphatic carbocycles. The van der Waals surface area contributed by atoms with Crippen LogP contribution in [0.15, 0.2) is 30.5 Å². The Morgan fingerprint density at radius 3 is 2.65 bits per heavy atom. The van der Waals surface area contributed by atoms with E-state index < -0.39 is 0 Å². The van der Waals surface area contributed by atoms with Gasteiger partial charge in [-0.1, -0.05) is 0 Å². The van der Waals surface area contributed by atoms with Gasteiger partial charge in [-0.2, -0.15) is 0 Å². The number of benzene rings is 1. The van der Waals surface area contributed by atoms with Crippen molar-refractivity contribution in [3.8, 4) is 5.75 Å². The van der Waals surface area contributed by atoms with Gasteiger partial charge in [-0.15, -0.1) is 0 Å². The number of phenolic OH excluding ortho intramolecular Hbond substituents is 1. The Kier molecular flexibility index (Phi) is 3.09. The van der Waals surface area contributed by atoms with Gasteiger partial charge in [0.25, 0.3) is 0 Å². The highest BCUT2D eigenvalue weighted by molar-refractivity contribution is 5.56. The molecule has 3 heteroatoms. The Morgan fingerprint density at radius 1 is 1.24 bits per heavy atom. The number of anilines is 1.